The first-order valence-corrected chi connectivity index (χ1v) is 6.94. The molecule has 0 radical (unpaired) electrons. The highest BCUT2D eigenvalue weighted by molar-refractivity contribution is 6.30. The van der Waals surface area contributed by atoms with Crippen LogP contribution in [-0.4, -0.2) is 6.21 Å². The third-order valence-corrected chi connectivity index (χ3v) is 3.48. The number of halogens is 1. The molecule has 2 aliphatic carbocycles. The number of rotatable bonds is 2. The fourth-order valence-electron chi connectivity index (χ4n) is 2.17. The van der Waals surface area contributed by atoms with E-state index in [1.54, 1.807) is 0 Å². The van der Waals surface area contributed by atoms with Crippen LogP contribution in [0.25, 0.3) is 0 Å². The third-order valence-electron chi connectivity index (χ3n) is 3.23. The molecule has 0 amide bonds. The Bertz CT molecular complexity index is 683. The van der Waals surface area contributed by atoms with Gasteiger partial charge in [-0.3, -0.25) is 4.99 Å². The minimum Gasteiger partial charge on any atom is -0.256 e. The number of allylic oxidation sites excluding steroid dienone is 9. The summed E-state index contributed by atoms with van der Waals surface area (Å²) in [6.45, 7) is 0. The molecule has 1 nitrogen and oxygen atoms in total. The highest BCUT2D eigenvalue weighted by Crippen LogP contribution is 2.26. The molecular weight excluding hydrogens is 266 g/mol. The van der Waals surface area contributed by atoms with Gasteiger partial charge < -0.3 is 0 Å². The number of fused-ring (bicyclic) bond motifs is 2. The molecular formula is C18H14ClN. The summed E-state index contributed by atoms with van der Waals surface area (Å²) in [6, 6.07) is 7.68. The molecule has 0 spiro atoms. The topological polar surface area (TPSA) is 12.4 Å². The molecule has 3 rings (SSSR count). The van der Waals surface area contributed by atoms with Gasteiger partial charge in [0.2, 0.25) is 0 Å². The second-order valence-corrected chi connectivity index (χ2v) is 5.15. The van der Waals surface area contributed by atoms with Crippen molar-refractivity contribution in [3.8, 4) is 0 Å². The Morgan fingerprint density at radius 1 is 0.950 bits per heavy atom. The Labute approximate surface area is 124 Å². The minimum absolute atomic E-state index is 0.741. The fourth-order valence-corrected chi connectivity index (χ4v) is 2.29. The molecule has 1 aromatic rings. The molecule has 0 aliphatic heterocycles. The van der Waals surface area contributed by atoms with Crippen molar-refractivity contribution >= 4 is 17.8 Å². The van der Waals surface area contributed by atoms with Gasteiger partial charge in [0, 0.05) is 11.2 Å². The van der Waals surface area contributed by atoms with Crippen LogP contribution in [0.2, 0.25) is 5.02 Å². The lowest BCUT2D eigenvalue weighted by molar-refractivity contribution is 1.15. The summed E-state index contributed by atoms with van der Waals surface area (Å²) in [5.41, 5.74) is 4.59. The molecule has 2 heteroatoms. The highest BCUT2D eigenvalue weighted by Gasteiger charge is 2.08. The number of hydrogen-bond acceptors (Lipinski definition) is 1. The van der Waals surface area contributed by atoms with Crippen LogP contribution < -0.4 is 0 Å². The van der Waals surface area contributed by atoms with Crippen molar-refractivity contribution in [3.05, 3.63) is 94.2 Å². The van der Waals surface area contributed by atoms with Gasteiger partial charge in [0.1, 0.15) is 0 Å². The minimum atomic E-state index is 0.741. The largest absolute Gasteiger partial charge is 0.256 e. The molecule has 0 saturated carbocycles. The van der Waals surface area contributed by atoms with Crippen LogP contribution in [0, 0.1) is 0 Å². The Kier molecular flexibility index (Phi) is 3.80. The maximum absolute atomic E-state index is 5.88. The smallest absolute Gasteiger partial charge is 0.0665 e. The second-order valence-electron chi connectivity index (χ2n) is 4.72. The van der Waals surface area contributed by atoms with Gasteiger partial charge in [0.15, 0.2) is 0 Å². The highest BCUT2D eigenvalue weighted by atomic mass is 35.5. The van der Waals surface area contributed by atoms with E-state index in [2.05, 4.69) is 47.5 Å². The number of nitrogens with zero attached hydrogens (tertiary/aromatic N) is 1. The molecule has 0 atom stereocenters. The quantitative estimate of drug-likeness (QED) is 0.674. The van der Waals surface area contributed by atoms with Crippen LogP contribution in [0.5, 0.6) is 0 Å². The van der Waals surface area contributed by atoms with Crippen molar-refractivity contribution in [3.63, 3.8) is 0 Å². The van der Waals surface area contributed by atoms with E-state index < -0.39 is 0 Å². The molecule has 98 valence electrons. The molecule has 0 N–H and O–H groups in total. The molecule has 0 saturated heterocycles. The second kappa shape index (κ2) is 5.89. The zero-order valence-electron chi connectivity index (χ0n) is 11.0. The van der Waals surface area contributed by atoms with Gasteiger partial charge in [-0.25, -0.2) is 0 Å². The lowest BCUT2D eigenvalue weighted by atomic mass is 10.1. The first kappa shape index (κ1) is 12.9. The summed E-state index contributed by atoms with van der Waals surface area (Å²) in [6.07, 6.45) is 17.4. The average molecular weight is 280 g/mol. The summed E-state index contributed by atoms with van der Waals surface area (Å²) >= 11 is 5.88. The summed E-state index contributed by atoms with van der Waals surface area (Å²) in [7, 11) is 0. The van der Waals surface area contributed by atoms with E-state index in [1.165, 1.54) is 11.1 Å². The zero-order chi connectivity index (χ0) is 13.8. The van der Waals surface area contributed by atoms with Crippen LogP contribution in [0.1, 0.15) is 12.0 Å². The summed E-state index contributed by atoms with van der Waals surface area (Å²) in [4.78, 5) is 4.62. The van der Waals surface area contributed by atoms with Crippen LogP contribution in [0.15, 0.2) is 88.6 Å². The van der Waals surface area contributed by atoms with Gasteiger partial charge in [-0.05, 0) is 41.3 Å². The monoisotopic (exact) mass is 279 g/mol. The number of benzene rings is 1. The Balaban J connectivity index is 1.86. The molecule has 2 aliphatic rings. The van der Waals surface area contributed by atoms with Gasteiger partial charge in [0.25, 0.3) is 0 Å². The predicted octanol–water partition coefficient (Wildman–Crippen LogP) is 5.03. The van der Waals surface area contributed by atoms with Crippen LogP contribution in [-0.2, 0) is 0 Å². The first-order valence-electron chi connectivity index (χ1n) is 6.56. The molecule has 0 unspecified atom stereocenters. The summed E-state index contributed by atoms with van der Waals surface area (Å²) < 4.78 is 0. The van der Waals surface area contributed by atoms with Crippen LogP contribution in [0.3, 0.4) is 0 Å². The SMILES string of the molecule is Clc1ccc(C=NC2=CC=CC3=CC=CC=C2C3)cc1. The number of hydrogen-bond donors (Lipinski definition) is 0. The van der Waals surface area contributed by atoms with Gasteiger partial charge in [-0.2, -0.15) is 0 Å². The van der Waals surface area contributed by atoms with Crippen LogP contribution >= 0.6 is 11.6 Å². The van der Waals surface area contributed by atoms with Crippen molar-refractivity contribution in [1.82, 2.24) is 0 Å². The number of aliphatic imine (C=N–C) groups is 1. The Morgan fingerprint density at radius 2 is 1.75 bits per heavy atom. The van der Waals surface area contributed by atoms with Crippen LogP contribution in [0.4, 0.5) is 0 Å². The van der Waals surface area contributed by atoms with Crippen molar-refractivity contribution in [2.75, 3.05) is 0 Å². The molecule has 0 aromatic heterocycles. The maximum Gasteiger partial charge on any atom is 0.0665 e. The van der Waals surface area contributed by atoms with Crippen molar-refractivity contribution in [1.29, 1.82) is 0 Å². The predicted molar refractivity (Wildman–Crippen MR) is 86.2 cm³/mol. The zero-order valence-corrected chi connectivity index (χ0v) is 11.7. The van der Waals surface area contributed by atoms with Gasteiger partial charge in [-0.1, -0.05) is 60.2 Å². The van der Waals surface area contributed by atoms with Crippen molar-refractivity contribution in [2.24, 2.45) is 4.99 Å². The maximum atomic E-state index is 5.88. The Hall–Kier alpha value is -2.12. The van der Waals surface area contributed by atoms with E-state index >= 15 is 0 Å². The van der Waals surface area contributed by atoms with E-state index in [0.717, 1.165) is 22.7 Å². The molecule has 0 heterocycles. The Morgan fingerprint density at radius 3 is 2.60 bits per heavy atom. The van der Waals surface area contributed by atoms with Crippen molar-refractivity contribution in [2.45, 2.75) is 6.42 Å². The van der Waals surface area contributed by atoms with E-state index in [0.29, 0.717) is 0 Å². The van der Waals surface area contributed by atoms with Crippen molar-refractivity contribution < 1.29 is 0 Å². The molecule has 20 heavy (non-hydrogen) atoms. The van der Waals surface area contributed by atoms with E-state index in [9.17, 15) is 0 Å². The van der Waals surface area contributed by atoms with E-state index in [1.807, 2.05) is 30.5 Å². The molecule has 2 bridgehead atoms. The van der Waals surface area contributed by atoms with Gasteiger partial charge in [0.05, 0.1) is 5.70 Å². The normalized spacial score (nSPS) is 17.4. The lowest BCUT2D eigenvalue weighted by Gasteiger charge is -2.05. The lowest BCUT2D eigenvalue weighted by Crippen LogP contribution is -1.89. The standard InChI is InChI=1S/C18H14ClN/c19-17-10-8-15(9-11-17)13-20-18-7-3-5-14-4-1-2-6-16(18)12-14/h1-11,13H,12H2. The fraction of sp³-hybridized carbons (Fsp3) is 0.0556. The average Bonchev–Trinajstić information content (AvgIpc) is 2.81. The molecule has 0 fully saturated rings. The van der Waals surface area contributed by atoms with Gasteiger partial charge >= 0.3 is 0 Å². The first-order chi connectivity index (χ1) is 9.81. The summed E-state index contributed by atoms with van der Waals surface area (Å²) in [5.74, 6) is 0. The molecule has 1 aromatic carbocycles. The summed E-state index contributed by atoms with van der Waals surface area (Å²) in [5, 5.41) is 0.741. The van der Waals surface area contributed by atoms with Gasteiger partial charge in [-0.15, -0.1) is 0 Å². The van der Waals surface area contributed by atoms with E-state index in [-0.39, 0.29) is 0 Å². The third kappa shape index (κ3) is 3.06. The van der Waals surface area contributed by atoms with E-state index in [4.69, 9.17) is 11.6 Å².